The number of likely N-dealkylation sites (N-methyl/N-ethyl adjacent to an activating group) is 1. The van der Waals surface area contributed by atoms with Gasteiger partial charge >= 0.3 is 0 Å². The molecule has 136 valence electrons. The molecule has 0 aliphatic rings. The van der Waals surface area contributed by atoms with E-state index in [9.17, 15) is 4.79 Å². The maximum atomic E-state index is 12.6. The summed E-state index contributed by atoms with van der Waals surface area (Å²) in [5.74, 6) is -0.112. The van der Waals surface area contributed by atoms with Gasteiger partial charge in [0, 0.05) is 26.3 Å². The van der Waals surface area contributed by atoms with E-state index < -0.39 is 0 Å². The predicted octanol–water partition coefficient (Wildman–Crippen LogP) is 3.47. The summed E-state index contributed by atoms with van der Waals surface area (Å²) in [5, 5.41) is 12.0. The molecule has 0 spiro atoms. The second-order valence-electron chi connectivity index (χ2n) is 6.45. The fraction of sp³-hybridized carbons (Fsp3) is 0.333. The number of hydrogen-bond donors (Lipinski definition) is 1. The topological polar surface area (TPSA) is 59.4 Å². The molecule has 0 aliphatic carbocycles. The van der Waals surface area contributed by atoms with Crippen molar-refractivity contribution in [3.63, 3.8) is 0 Å². The van der Waals surface area contributed by atoms with Gasteiger partial charge in [0.2, 0.25) is 5.91 Å². The van der Waals surface area contributed by atoms with Crippen LogP contribution in [0.4, 0.5) is 11.4 Å². The smallest absolute Gasteiger partial charge is 0.241 e. The lowest BCUT2D eigenvalue weighted by Crippen LogP contribution is -2.41. The van der Waals surface area contributed by atoms with Crippen LogP contribution < -0.4 is 10.2 Å². The molecule has 0 heterocycles. The van der Waals surface area contributed by atoms with Crippen molar-refractivity contribution in [3.8, 4) is 6.07 Å². The monoisotopic (exact) mass is 350 g/mol. The van der Waals surface area contributed by atoms with Crippen LogP contribution in [0.5, 0.6) is 0 Å². The lowest BCUT2D eigenvalue weighted by Gasteiger charge is -2.27. The molecule has 0 saturated heterocycles. The Labute approximate surface area is 155 Å². The van der Waals surface area contributed by atoms with Crippen molar-refractivity contribution in [2.24, 2.45) is 0 Å². The number of anilines is 2. The third kappa shape index (κ3) is 4.84. The lowest BCUT2D eigenvalue weighted by molar-refractivity contribution is -0.120. The van der Waals surface area contributed by atoms with E-state index in [1.807, 2.05) is 34.0 Å². The summed E-state index contributed by atoms with van der Waals surface area (Å²) in [5.41, 5.74) is 3.33. The highest BCUT2D eigenvalue weighted by molar-refractivity contribution is 5.95. The first-order valence-electron chi connectivity index (χ1n) is 8.76. The Morgan fingerprint density at radius 1 is 1.15 bits per heavy atom. The predicted molar refractivity (Wildman–Crippen MR) is 106 cm³/mol. The van der Waals surface area contributed by atoms with Crippen LogP contribution in [0.3, 0.4) is 0 Å². The Morgan fingerprint density at radius 2 is 1.81 bits per heavy atom. The highest BCUT2D eigenvalue weighted by Gasteiger charge is 2.21. The number of para-hydroxylation sites is 1. The van der Waals surface area contributed by atoms with E-state index in [0.29, 0.717) is 17.8 Å². The Hall–Kier alpha value is -2.84. The number of benzene rings is 2. The first-order valence-corrected chi connectivity index (χ1v) is 8.76. The zero-order valence-electron chi connectivity index (χ0n) is 15.9. The summed E-state index contributed by atoms with van der Waals surface area (Å²) >= 11 is 0. The Kier molecular flexibility index (Phi) is 6.76. The number of carbonyl (C=O) groups is 1. The third-order valence-electron chi connectivity index (χ3n) is 4.48. The van der Waals surface area contributed by atoms with Gasteiger partial charge in [-0.1, -0.05) is 31.2 Å². The first-order chi connectivity index (χ1) is 12.5. The molecule has 0 radical (unpaired) electrons. The van der Waals surface area contributed by atoms with Gasteiger partial charge in [0.1, 0.15) is 6.07 Å². The molecule has 26 heavy (non-hydrogen) atoms. The first kappa shape index (κ1) is 19.5. The molecule has 0 unspecified atom stereocenters. The highest BCUT2D eigenvalue weighted by atomic mass is 16.2. The van der Waals surface area contributed by atoms with Crippen molar-refractivity contribution in [1.82, 2.24) is 4.90 Å². The number of amides is 1. The van der Waals surface area contributed by atoms with Gasteiger partial charge in [-0.05, 0) is 43.3 Å². The van der Waals surface area contributed by atoms with Crippen LogP contribution in [0.25, 0.3) is 0 Å². The van der Waals surface area contributed by atoms with Crippen LogP contribution >= 0.6 is 0 Å². The molecular weight excluding hydrogens is 324 g/mol. The van der Waals surface area contributed by atoms with Crippen molar-refractivity contribution in [3.05, 3.63) is 59.7 Å². The minimum atomic E-state index is -0.305. The van der Waals surface area contributed by atoms with Crippen LogP contribution in [0.2, 0.25) is 0 Å². The van der Waals surface area contributed by atoms with Gasteiger partial charge in [-0.25, -0.2) is 0 Å². The van der Waals surface area contributed by atoms with Gasteiger partial charge < -0.3 is 10.2 Å². The van der Waals surface area contributed by atoms with E-state index in [1.54, 1.807) is 18.2 Å². The van der Waals surface area contributed by atoms with E-state index in [2.05, 4.69) is 45.5 Å². The summed E-state index contributed by atoms with van der Waals surface area (Å²) in [6.07, 6.45) is 0. The molecule has 2 aromatic carbocycles. The molecule has 5 heteroatoms. The average Bonchev–Trinajstić information content (AvgIpc) is 2.66. The van der Waals surface area contributed by atoms with E-state index >= 15 is 0 Å². The molecule has 2 rings (SSSR count). The normalized spacial score (nSPS) is 11.7. The maximum Gasteiger partial charge on any atom is 0.241 e. The zero-order valence-corrected chi connectivity index (χ0v) is 15.9. The molecule has 1 amide bonds. The van der Waals surface area contributed by atoms with E-state index in [1.165, 1.54) is 0 Å². The molecule has 1 atom stereocenters. The van der Waals surface area contributed by atoms with Gasteiger partial charge in [0.25, 0.3) is 0 Å². The minimum absolute atomic E-state index is 0.112. The third-order valence-corrected chi connectivity index (χ3v) is 4.48. The molecule has 1 N–H and O–H groups in total. The summed E-state index contributed by atoms with van der Waals surface area (Å²) in [6, 6.07) is 17.2. The zero-order chi connectivity index (χ0) is 19.1. The van der Waals surface area contributed by atoms with Gasteiger partial charge in [0.05, 0.1) is 17.3 Å². The number of nitriles is 1. The van der Waals surface area contributed by atoms with Crippen molar-refractivity contribution in [1.29, 1.82) is 5.26 Å². The number of nitrogens with one attached hydrogen (secondary N) is 1. The van der Waals surface area contributed by atoms with Gasteiger partial charge in [-0.2, -0.15) is 5.26 Å². The van der Waals surface area contributed by atoms with Crippen LogP contribution in [0.15, 0.2) is 48.5 Å². The van der Waals surface area contributed by atoms with E-state index in [-0.39, 0.29) is 11.9 Å². The quantitative estimate of drug-likeness (QED) is 0.831. The van der Waals surface area contributed by atoms with Gasteiger partial charge in [-0.3, -0.25) is 9.69 Å². The Bertz CT molecular complexity index is 777. The Balaban J connectivity index is 2.06. The molecule has 0 bridgehead atoms. The summed E-state index contributed by atoms with van der Waals surface area (Å²) in [4.78, 5) is 16.8. The number of rotatable bonds is 7. The van der Waals surface area contributed by atoms with Crippen molar-refractivity contribution in [2.75, 3.05) is 30.9 Å². The Morgan fingerprint density at radius 3 is 2.38 bits per heavy atom. The molecule has 0 aliphatic heterocycles. The summed E-state index contributed by atoms with van der Waals surface area (Å²) in [6.45, 7) is 5.38. The number of nitrogens with zero attached hydrogens (tertiary/aromatic N) is 3. The number of carbonyl (C=O) groups excluding carboxylic acids is 1. The van der Waals surface area contributed by atoms with Gasteiger partial charge in [-0.15, -0.1) is 0 Å². The van der Waals surface area contributed by atoms with Crippen molar-refractivity contribution in [2.45, 2.75) is 26.4 Å². The largest absolute Gasteiger partial charge is 0.378 e. The lowest BCUT2D eigenvalue weighted by atomic mass is 10.1. The van der Waals surface area contributed by atoms with Crippen LogP contribution in [-0.2, 0) is 11.3 Å². The number of hydrogen-bond acceptors (Lipinski definition) is 4. The van der Waals surface area contributed by atoms with Crippen LogP contribution in [0.1, 0.15) is 25.0 Å². The molecule has 0 saturated carbocycles. The fourth-order valence-corrected chi connectivity index (χ4v) is 2.75. The summed E-state index contributed by atoms with van der Waals surface area (Å²) in [7, 11) is 4.03. The van der Waals surface area contributed by atoms with Crippen LogP contribution in [-0.4, -0.2) is 37.5 Å². The van der Waals surface area contributed by atoms with Crippen LogP contribution in [0, 0.1) is 11.3 Å². The fourth-order valence-electron chi connectivity index (χ4n) is 2.75. The van der Waals surface area contributed by atoms with Gasteiger partial charge in [0.15, 0.2) is 0 Å². The standard InChI is InChI=1S/C21H26N4O/c1-5-25(15-17-10-12-19(13-11-17)24(3)4)16(2)21(26)23-20-9-7-6-8-18(20)14-22/h6-13,16H,5,15H2,1-4H3,(H,23,26)/t16-/m0/s1. The molecule has 5 nitrogen and oxygen atoms in total. The maximum absolute atomic E-state index is 12.6. The molecular formula is C21H26N4O. The summed E-state index contributed by atoms with van der Waals surface area (Å²) < 4.78 is 0. The highest BCUT2D eigenvalue weighted by Crippen LogP contribution is 2.17. The van der Waals surface area contributed by atoms with E-state index in [4.69, 9.17) is 5.26 Å². The minimum Gasteiger partial charge on any atom is -0.378 e. The average molecular weight is 350 g/mol. The second-order valence-corrected chi connectivity index (χ2v) is 6.45. The van der Waals surface area contributed by atoms with Crippen molar-refractivity contribution < 1.29 is 4.79 Å². The second kappa shape index (κ2) is 9.02. The van der Waals surface area contributed by atoms with Crippen molar-refractivity contribution >= 4 is 17.3 Å². The SMILES string of the molecule is CCN(Cc1ccc(N(C)C)cc1)[C@@H](C)C(=O)Nc1ccccc1C#N. The molecule has 2 aromatic rings. The molecule has 0 fully saturated rings. The van der Waals surface area contributed by atoms with E-state index in [0.717, 1.165) is 17.8 Å². The molecule has 0 aromatic heterocycles.